The SMILES string of the molecule is CCNC(=NCCc1ccc(OC)c(OC)c1OC)N1CCC(Cc2ccccc2)C1. The van der Waals surface area contributed by atoms with Crippen molar-refractivity contribution in [2.24, 2.45) is 10.9 Å². The summed E-state index contributed by atoms with van der Waals surface area (Å²) in [6.07, 6.45) is 3.09. The molecule has 0 radical (unpaired) electrons. The molecule has 0 saturated carbocycles. The Morgan fingerprint density at radius 1 is 1.03 bits per heavy atom. The summed E-state index contributed by atoms with van der Waals surface area (Å²) in [7, 11) is 4.92. The number of benzene rings is 2. The lowest BCUT2D eigenvalue weighted by Gasteiger charge is -2.22. The van der Waals surface area contributed by atoms with Crippen LogP contribution in [0.15, 0.2) is 47.5 Å². The number of nitrogens with one attached hydrogen (secondary N) is 1. The number of ether oxygens (including phenoxy) is 3. The van der Waals surface area contributed by atoms with Gasteiger partial charge in [0.2, 0.25) is 5.75 Å². The Kier molecular flexibility index (Phi) is 8.44. The maximum atomic E-state index is 5.61. The lowest BCUT2D eigenvalue weighted by molar-refractivity contribution is 0.322. The molecule has 1 aliphatic rings. The number of likely N-dealkylation sites (tertiary alicyclic amines) is 1. The van der Waals surface area contributed by atoms with Crippen molar-refractivity contribution >= 4 is 5.96 Å². The average molecular weight is 426 g/mol. The quantitative estimate of drug-likeness (QED) is 0.489. The van der Waals surface area contributed by atoms with Gasteiger partial charge in [0, 0.05) is 31.7 Å². The molecule has 0 bridgehead atoms. The average Bonchev–Trinajstić information content (AvgIpc) is 3.26. The Morgan fingerprint density at radius 2 is 1.81 bits per heavy atom. The Balaban J connectivity index is 1.64. The third-order valence-electron chi connectivity index (χ3n) is 5.72. The van der Waals surface area contributed by atoms with E-state index >= 15 is 0 Å². The third kappa shape index (κ3) is 5.84. The second-order valence-corrected chi connectivity index (χ2v) is 7.77. The third-order valence-corrected chi connectivity index (χ3v) is 5.72. The molecule has 6 heteroatoms. The summed E-state index contributed by atoms with van der Waals surface area (Å²) in [6, 6.07) is 14.7. The first-order valence-electron chi connectivity index (χ1n) is 11.0. The Morgan fingerprint density at radius 3 is 2.48 bits per heavy atom. The van der Waals surface area contributed by atoms with E-state index in [1.54, 1.807) is 21.3 Å². The van der Waals surface area contributed by atoms with E-state index in [0.29, 0.717) is 29.7 Å². The van der Waals surface area contributed by atoms with Crippen LogP contribution in [0, 0.1) is 5.92 Å². The van der Waals surface area contributed by atoms with Crippen molar-refractivity contribution in [2.45, 2.75) is 26.2 Å². The number of guanidine groups is 1. The van der Waals surface area contributed by atoms with Gasteiger partial charge in [-0.1, -0.05) is 36.4 Å². The fourth-order valence-corrected chi connectivity index (χ4v) is 4.21. The largest absolute Gasteiger partial charge is 0.493 e. The Labute approximate surface area is 186 Å². The molecule has 168 valence electrons. The number of nitrogens with zero attached hydrogens (tertiary/aromatic N) is 2. The molecule has 2 aromatic carbocycles. The summed E-state index contributed by atoms with van der Waals surface area (Å²) in [6.45, 7) is 5.74. The zero-order valence-electron chi connectivity index (χ0n) is 19.2. The summed E-state index contributed by atoms with van der Waals surface area (Å²) in [5, 5.41) is 3.46. The summed E-state index contributed by atoms with van der Waals surface area (Å²) in [4.78, 5) is 7.30. The molecule has 0 spiro atoms. The van der Waals surface area contributed by atoms with E-state index in [9.17, 15) is 0 Å². The lowest BCUT2D eigenvalue weighted by Crippen LogP contribution is -2.40. The van der Waals surface area contributed by atoms with Gasteiger partial charge >= 0.3 is 0 Å². The Hall–Kier alpha value is -2.89. The van der Waals surface area contributed by atoms with Gasteiger partial charge in [-0.3, -0.25) is 4.99 Å². The minimum atomic E-state index is 0.627. The van der Waals surface area contributed by atoms with Crippen molar-refractivity contribution in [3.8, 4) is 17.2 Å². The van der Waals surface area contributed by atoms with E-state index in [-0.39, 0.29) is 0 Å². The second-order valence-electron chi connectivity index (χ2n) is 7.77. The van der Waals surface area contributed by atoms with Crippen LogP contribution in [0.4, 0.5) is 0 Å². The molecule has 1 heterocycles. The fraction of sp³-hybridized carbons (Fsp3) is 0.480. The zero-order valence-corrected chi connectivity index (χ0v) is 19.2. The smallest absolute Gasteiger partial charge is 0.203 e. The molecule has 0 aromatic heterocycles. The first-order valence-corrected chi connectivity index (χ1v) is 11.0. The molecule has 31 heavy (non-hydrogen) atoms. The van der Waals surface area contributed by atoms with Crippen LogP contribution < -0.4 is 19.5 Å². The molecular formula is C25H35N3O3. The van der Waals surface area contributed by atoms with E-state index in [0.717, 1.165) is 44.0 Å². The number of aliphatic imine (C=N–C) groups is 1. The predicted molar refractivity (Wildman–Crippen MR) is 126 cm³/mol. The van der Waals surface area contributed by atoms with Crippen molar-refractivity contribution < 1.29 is 14.2 Å². The highest BCUT2D eigenvalue weighted by Crippen LogP contribution is 2.39. The van der Waals surface area contributed by atoms with E-state index in [1.807, 2.05) is 12.1 Å². The predicted octanol–water partition coefficient (Wildman–Crippen LogP) is 3.79. The number of hydrogen-bond acceptors (Lipinski definition) is 4. The normalized spacial score (nSPS) is 16.3. The molecule has 1 atom stereocenters. The van der Waals surface area contributed by atoms with Gasteiger partial charge in [-0.05, 0) is 43.7 Å². The first kappa shape index (κ1) is 22.8. The topological polar surface area (TPSA) is 55.3 Å². The Bertz CT molecular complexity index is 855. The molecule has 1 saturated heterocycles. The van der Waals surface area contributed by atoms with E-state index in [1.165, 1.54) is 12.0 Å². The minimum absolute atomic E-state index is 0.627. The molecule has 2 aromatic rings. The van der Waals surface area contributed by atoms with Crippen LogP contribution in [0.25, 0.3) is 0 Å². The summed E-state index contributed by atoms with van der Waals surface area (Å²) in [5.41, 5.74) is 2.47. The zero-order chi connectivity index (χ0) is 22.1. The number of methoxy groups -OCH3 is 3. The van der Waals surface area contributed by atoms with E-state index in [2.05, 4.69) is 47.5 Å². The molecule has 1 fully saturated rings. The summed E-state index contributed by atoms with van der Waals surface area (Å²) >= 11 is 0. The maximum absolute atomic E-state index is 5.61. The van der Waals surface area contributed by atoms with Crippen LogP contribution in [-0.4, -0.2) is 58.4 Å². The molecule has 6 nitrogen and oxygen atoms in total. The number of rotatable bonds is 9. The van der Waals surface area contributed by atoms with Crippen molar-refractivity contribution in [3.63, 3.8) is 0 Å². The highest BCUT2D eigenvalue weighted by Gasteiger charge is 2.25. The summed E-state index contributed by atoms with van der Waals surface area (Å²) < 4.78 is 16.5. The van der Waals surface area contributed by atoms with Gasteiger partial charge < -0.3 is 24.4 Å². The fourth-order valence-electron chi connectivity index (χ4n) is 4.21. The summed E-state index contributed by atoms with van der Waals surface area (Å²) in [5.74, 6) is 3.67. The molecule has 0 amide bonds. The lowest BCUT2D eigenvalue weighted by atomic mass is 9.99. The van der Waals surface area contributed by atoms with E-state index < -0.39 is 0 Å². The van der Waals surface area contributed by atoms with Crippen LogP contribution in [0.1, 0.15) is 24.5 Å². The highest BCUT2D eigenvalue weighted by atomic mass is 16.5. The van der Waals surface area contributed by atoms with Crippen LogP contribution in [0.5, 0.6) is 17.2 Å². The van der Waals surface area contributed by atoms with Crippen molar-refractivity contribution in [1.82, 2.24) is 10.2 Å². The molecular weight excluding hydrogens is 390 g/mol. The molecule has 3 rings (SSSR count). The van der Waals surface area contributed by atoms with Gasteiger partial charge in [0.1, 0.15) is 0 Å². The van der Waals surface area contributed by atoms with Crippen LogP contribution in [-0.2, 0) is 12.8 Å². The van der Waals surface area contributed by atoms with Gasteiger partial charge in [0.05, 0.1) is 21.3 Å². The van der Waals surface area contributed by atoms with Crippen molar-refractivity contribution in [3.05, 3.63) is 53.6 Å². The maximum Gasteiger partial charge on any atom is 0.203 e. The number of hydrogen-bond donors (Lipinski definition) is 1. The van der Waals surface area contributed by atoms with Gasteiger partial charge in [-0.25, -0.2) is 0 Å². The second kappa shape index (κ2) is 11.5. The van der Waals surface area contributed by atoms with Crippen LogP contribution in [0.2, 0.25) is 0 Å². The van der Waals surface area contributed by atoms with Crippen LogP contribution in [0.3, 0.4) is 0 Å². The van der Waals surface area contributed by atoms with Gasteiger partial charge in [-0.15, -0.1) is 0 Å². The van der Waals surface area contributed by atoms with Gasteiger partial charge in [0.25, 0.3) is 0 Å². The standard InChI is InChI=1S/C25H35N3O3/c1-5-26-25(28-16-14-20(18-28)17-19-9-7-6-8-10-19)27-15-13-21-11-12-22(29-2)24(31-4)23(21)30-3/h6-12,20H,5,13-18H2,1-4H3,(H,26,27). The van der Waals surface area contributed by atoms with Crippen molar-refractivity contribution in [1.29, 1.82) is 0 Å². The van der Waals surface area contributed by atoms with Crippen molar-refractivity contribution in [2.75, 3.05) is 47.5 Å². The van der Waals surface area contributed by atoms with Crippen LogP contribution >= 0.6 is 0 Å². The van der Waals surface area contributed by atoms with Gasteiger partial charge in [-0.2, -0.15) is 0 Å². The monoisotopic (exact) mass is 425 g/mol. The molecule has 0 aliphatic carbocycles. The molecule has 1 unspecified atom stereocenters. The first-order chi connectivity index (χ1) is 15.2. The molecule has 1 aliphatic heterocycles. The van der Waals surface area contributed by atoms with E-state index in [4.69, 9.17) is 19.2 Å². The highest BCUT2D eigenvalue weighted by molar-refractivity contribution is 5.80. The van der Waals surface area contributed by atoms with Gasteiger partial charge in [0.15, 0.2) is 17.5 Å². The minimum Gasteiger partial charge on any atom is -0.493 e. The molecule has 1 N–H and O–H groups in total.